The van der Waals surface area contributed by atoms with Gasteiger partial charge in [-0.3, -0.25) is 24.1 Å². The van der Waals surface area contributed by atoms with Gasteiger partial charge in [0.25, 0.3) is 5.91 Å². The molecule has 2 aromatic carbocycles. The standard InChI is InChI=1S/C30H31N3O9/c1-12-15-5-4-6-16(34)19(15)24(36)20-18(12)26(42-17(35)11-13-7-9-14(31)10-8-13)22-23(33(2)3)25(37)21(29(32)40)28(39)30(22,41)27(20)38/h4-10,12,18,22-23,26,34,37-38,41H,11,31H2,1-3H3,(H2,32,40)/t12-,18+,22+,23-,26-,30-/m0/s1. The molecule has 3 aliphatic carbocycles. The van der Waals surface area contributed by atoms with E-state index in [-0.39, 0.29) is 17.7 Å². The highest BCUT2D eigenvalue weighted by molar-refractivity contribution is 6.25. The molecule has 1 amide bonds. The average Bonchev–Trinajstić information content (AvgIpc) is 2.91. The summed E-state index contributed by atoms with van der Waals surface area (Å²) in [7, 11) is 2.98. The van der Waals surface area contributed by atoms with Gasteiger partial charge in [0.15, 0.2) is 11.4 Å². The molecular formula is C30H31N3O9. The Bertz CT molecular complexity index is 1590. The molecule has 3 aliphatic rings. The molecule has 2 aromatic rings. The minimum Gasteiger partial charge on any atom is -0.510 e. The van der Waals surface area contributed by atoms with Crippen LogP contribution in [0, 0.1) is 11.8 Å². The monoisotopic (exact) mass is 577 g/mol. The summed E-state index contributed by atoms with van der Waals surface area (Å²) in [5, 5.41) is 45.4. The number of nitrogen functional groups attached to an aromatic ring is 1. The number of carbonyl (C=O) groups excluding carboxylic acids is 4. The molecule has 42 heavy (non-hydrogen) atoms. The van der Waals surface area contributed by atoms with E-state index in [0.29, 0.717) is 16.8 Å². The van der Waals surface area contributed by atoms with Gasteiger partial charge in [-0.15, -0.1) is 0 Å². The number of anilines is 1. The normalized spacial score (nSPS) is 28.7. The molecule has 0 aromatic heterocycles. The molecular weight excluding hydrogens is 546 g/mol. The van der Waals surface area contributed by atoms with Crippen molar-refractivity contribution >= 4 is 29.1 Å². The second-order valence-electron chi connectivity index (χ2n) is 11.2. The van der Waals surface area contributed by atoms with Gasteiger partial charge in [0.05, 0.1) is 23.9 Å². The highest BCUT2D eigenvalue weighted by atomic mass is 16.5. The summed E-state index contributed by atoms with van der Waals surface area (Å²) < 4.78 is 6.00. The number of nitrogens with zero attached hydrogens (tertiary/aromatic N) is 1. The smallest absolute Gasteiger partial charge is 0.310 e. The number of aliphatic hydroxyl groups is 3. The van der Waals surface area contributed by atoms with Gasteiger partial charge in [0, 0.05) is 17.2 Å². The summed E-state index contributed by atoms with van der Waals surface area (Å²) in [6.45, 7) is 1.69. The van der Waals surface area contributed by atoms with Gasteiger partial charge in [-0.25, -0.2) is 0 Å². The molecule has 0 heterocycles. The predicted octanol–water partition coefficient (Wildman–Crippen LogP) is 1.03. The lowest BCUT2D eigenvalue weighted by molar-refractivity contribution is -0.180. The minimum atomic E-state index is -3.00. The van der Waals surface area contributed by atoms with Crippen LogP contribution in [0.1, 0.15) is 34.3 Å². The third kappa shape index (κ3) is 4.05. The highest BCUT2D eigenvalue weighted by Gasteiger charge is 2.68. The molecule has 0 aliphatic heterocycles. The van der Waals surface area contributed by atoms with E-state index < -0.39 is 81.6 Å². The van der Waals surface area contributed by atoms with Crippen LogP contribution in [0.5, 0.6) is 5.75 Å². The number of fused-ring (bicyclic) bond motifs is 3. The van der Waals surface area contributed by atoms with Crippen LogP contribution in [-0.4, -0.2) is 80.6 Å². The molecule has 220 valence electrons. The molecule has 0 fully saturated rings. The van der Waals surface area contributed by atoms with Crippen LogP contribution in [0.3, 0.4) is 0 Å². The molecule has 0 saturated heterocycles. The van der Waals surface area contributed by atoms with Crippen molar-refractivity contribution in [1.82, 2.24) is 4.90 Å². The zero-order valence-electron chi connectivity index (χ0n) is 23.1. The number of ketones is 2. The quantitative estimate of drug-likeness (QED) is 0.168. The Hall–Kier alpha value is -4.68. The first-order valence-corrected chi connectivity index (χ1v) is 13.2. The summed E-state index contributed by atoms with van der Waals surface area (Å²) in [6, 6.07) is 9.51. The number of rotatable bonds is 5. The maximum absolute atomic E-state index is 13.9. The Kier molecular flexibility index (Phi) is 6.86. The van der Waals surface area contributed by atoms with Crippen LogP contribution in [0.4, 0.5) is 5.69 Å². The average molecular weight is 578 g/mol. The molecule has 0 bridgehead atoms. The Morgan fingerprint density at radius 2 is 1.69 bits per heavy atom. The SMILES string of the molecule is C[C@H]1c2cccc(O)c2C(=O)C2=C(O)[C@]3(O)C(=O)C(C(N)=O)=C(O)[C@@H](N(C)C)[C@@H]3[C@@H](OC(=O)Cc3ccc(N)cc3)[C@@H]21. The van der Waals surface area contributed by atoms with E-state index in [0.717, 1.165) is 0 Å². The van der Waals surface area contributed by atoms with Crippen molar-refractivity contribution in [2.75, 3.05) is 19.8 Å². The molecule has 5 rings (SSSR count). The fraction of sp³-hybridized carbons (Fsp3) is 0.333. The first-order valence-electron chi connectivity index (χ1n) is 13.2. The van der Waals surface area contributed by atoms with Crippen LogP contribution in [-0.2, 0) is 25.5 Å². The molecule has 0 saturated carbocycles. The lowest BCUT2D eigenvalue weighted by atomic mass is 9.55. The van der Waals surface area contributed by atoms with Gasteiger partial charge in [-0.2, -0.15) is 0 Å². The Morgan fingerprint density at radius 1 is 1.05 bits per heavy atom. The number of hydrogen-bond acceptors (Lipinski definition) is 11. The van der Waals surface area contributed by atoms with E-state index in [1.54, 1.807) is 37.3 Å². The van der Waals surface area contributed by atoms with Crippen LogP contribution >= 0.6 is 0 Å². The van der Waals surface area contributed by atoms with E-state index >= 15 is 0 Å². The first kappa shape index (κ1) is 28.8. The van der Waals surface area contributed by atoms with Crippen molar-refractivity contribution in [2.45, 2.75) is 37.0 Å². The van der Waals surface area contributed by atoms with Crippen molar-refractivity contribution < 1.29 is 44.3 Å². The first-order chi connectivity index (χ1) is 19.7. The fourth-order valence-electron chi connectivity index (χ4n) is 6.69. The molecule has 6 atom stereocenters. The van der Waals surface area contributed by atoms with Crippen LogP contribution in [0.2, 0.25) is 0 Å². The highest BCUT2D eigenvalue weighted by Crippen LogP contribution is 2.56. The maximum Gasteiger partial charge on any atom is 0.310 e. The lowest BCUT2D eigenvalue weighted by Gasteiger charge is -2.54. The van der Waals surface area contributed by atoms with Gasteiger partial charge < -0.3 is 36.6 Å². The van der Waals surface area contributed by atoms with Crippen molar-refractivity contribution in [3.8, 4) is 5.75 Å². The predicted molar refractivity (Wildman–Crippen MR) is 148 cm³/mol. The van der Waals surface area contributed by atoms with Gasteiger partial charge in [0.1, 0.15) is 28.9 Å². The van der Waals surface area contributed by atoms with Gasteiger partial charge >= 0.3 is 5.97 Å². The number of benzene rings is 2. The summed E-state index contributed by atoms with van der Waals surface area (Å²) in [6.07, 6.45) is -1.72. The largest absolute Gasteiger partial charge is 0.510 e. The van der Waals surface area contributed by atoms with E-state index in [4.69, 9.17) is 16.2 Å². The number of primary amides is 1. The number of esters is 1. The second kappa shape index (κ2) is 10.00. The van der Waals surface area contributed by atoms with E-state index in [2.05, 4.69) is 0 Å². The van der Waals surface area contributed by atoms with E-state index in [1.165, 1.54) is 31.1 Å². The number of aliphatic hydroxyl groups excluding tert-OH is 2. The number of ether oxygens (including phenoxy) is 1. The Morgan fingerprint density at radius 3 is 2.29 bits per heavy atom. The number of likely N-dealkylation sites (N-methyl/N-ethyl adjacent to an activating group) is 1. The third-order valence-corrected chi connectivity index (χ3v) is 8.56. The molecule has 0 unspecified atom stereocenters. The van der Waals surface area contributed by atoms with Gasteiger partial charge in [0.2, 0.25) is 5.78 Å². The Balaban J connectivity index is 1.75. The minimum absolute atomic E-state index is 0.141. The number of Topliss-reactive ketones (excluding diaryl/α,β-unsaturated/α-hetero) is 2. The summed E-state index contributed by atoms with van der Waals surface area (Å²) in [5.74, 6) is -10.1. The fourth-order valence-corrected chi connectivity index (χ4v) is 6.69. The number of phenolic OH excluding ortho intramolecular Hbond substituents is 1. The molecule has 8 N–H and O–H groups in total. The van der Waals surface area contributed by atoms with Gasteiger partial charge in [-0.05, 0) is 49.3 Å². The van der Waals surface area contributed by atoms with E-state index in [9.17, 15) is 39.6 Å². The van der Waals surface area contributed by atoms with Crippen LogP contribution in [0.15, 0.2) is 65.1 Å². The van der Waals surface area contributed by atoms with Crippen LogP contribution in [0.25, 0.3) is 0 Å². The second-order valence-corrected chi connectivity index (χ2v) is 11.2. The summed E-state index contributed by atoms with van der Waals surface area (Å²) in [4.78, 5) is 54.8. The summed E-state index contributed by atoms with van der Waals surface area (Å²) >= 11 is 0. The molecule has 0 radical (unpaired) electrons. The van der Waals surface area contributed by atoms with Crippen LogP contribution < -0.4 is 11.5 Å². The van der Waals surface area contributed by atoms with Crippen molar-refractivity contribution in [3.63, 3.8) is 0 Å². The van der Waals surface area contributed by atoms with Crippen molar-refractivity contribution in [2.24, 2.45) is 17.6 Å². The maximum atomic E-state index is 13.9. The molecule has 0 spiro atoms. The number of hydrogen-bond donors (Lipinski definition) is 6. The number of amides is 1. The molecule has 12 nitrogen and oxygen atoms in total. The summed E-state index contributed by atoms with van der Waals surface area (Å²) in [5.41, 5.74) is 8.03. The van der Waals surface area contributed by atoms with Crippen molar-refractivity contribution in [1.29, 1.82) is 0 Å². The molecule has 12 heteroatoms. The van der Waals surface area contributed by atoms with E-state index in [1.807, 2.05) is 0 Å². The number of aromatic hydroxyl groups is 1. The topological polar surface area (TPSA) is 214 Å². The number of carbonyl (C=O) groups is 4. The Labute approximate surface area is 240 Å². The number of phenols is 1. The third-order valence-electron chi connectivity index (χ3n) is 8.56. The van der Waals surface area contributed by atoms with Crippen molar-refractivity contribution in [3.05, 3.63) is 81.8 Å². The zero-order valence-corrected chi connectivity index (χ0v) is 23.1. The number of nitrogens with two attached hydrogens (primary N) is 2. The zero-order chi connectivity index (χ0) is 30.8. The lowest BCUT2D eigenvalue weighted by Crippen LogP contribution is -2.69. The van der Waals surface area contributed by atoms with Gasteiger partial charge in [-0.1, -0.05) is 31.2 Å².